The summed E-state index contributed by atoms with van der Waals surface area (Å²) in [5.74, 6) is 5.84. The zero-order chi connectivity index (χ0) is 13.9. The molecule has 2 heterocycles. The van der Waals surface area contributed by atoms with E-state index in [4.69, 9.17) is 5.84 Å². The van der Waals surface area contributed by atoms with Crippen molar-refractivity contribution in [3.05, 3.63) is 11.9 Å². The molecule has 108 valence electrons. The van der Waals surface area contributed by atoms with Crippen LogP contribution >= 0.6 is 0 Å². The number of aryl methyl sites for hydroxylation is 1. The lowest BCUT2D eigenvalue weighted by atomic mass is 9.90. The van der Waals surface area contributed by atoms with Gasteiger partial charge in [-0.2, -0.15) is 0 Å². The number of nitrogens with zero attached hydrogens (tertiary/aromatic N) is 4. The Morgan fingerprint density at radius 3 is 2.68 bits per heavy atom. The second-order valence-electron chi connectivity index (χ2n) is 5.83. The fraction of sp³-hybridized carbons (Fsp3) is 0.846. The average molecular weight is 266 g/mol. The van der Waals surface area contributed by atoms with Crippen molar-refractivity contribution in [2.75, 3.05) is 13.1 Å². The SMILES string of the molecule is CCCn1nncc1C(NN)C(C)(C)N1CCCC1. The topological polar surface area (TPSA) is 72.0 Å². The zero-order valence-corrected chi connectivity index (χ0v) is 12.3. The minimum atomic E-state index is -0.0432. The number of hydrogen-bond donors (Lipinski definition) is 2. The molecular weight excluding hydrogens is 240 g/mol. The lowest BCUT2D eigenvalue weighted by molar-refractivity contribution is 0.102. The normalized spacial score (nSPS) is 18.9. The van der Waals surface area contributed by atoms with Gasteiger partial charge in [0, 0.05) is 12.1 Å². The first-order chi connectivity index (χ1) is 9.11. The van der Waals surface area contributed by atoms with Gasteiger partial charge < -0.3 is 0 Å². The molecule has 1 aliphatic heterocycles. The van der Waals surface area contributed by atoms with E-state index >= 15 is 0 Å². The molecule has 1 aromatic rings. The molecule has 0 spiro atoms. The Kier molecular flexibility index (Phi) is 4.54. The molecule has 0 bridgehead atoms. The smallest absolute Gasteiger partial charge is 0.0823 e. The number of rotatable bonds is 6. The molecule has 1 atom stereocenters. The van der Waals surface area contributed by atoms with Crippen molar-refractivity contribution < 1.29 is 0 Å². The summed E-state index contributed by atoms with van der Waals surface area (Å²) in [6.45, 7) is 9.78. The molecule has 0 radical (unpaired) electrons. The molecule has 1 aliphatic rings. The highest BCUT2D eigenvalue weighted by Crippen LogP contribution is 2.32. The van der Waals surface area contributed by atoms with E-state index in [-0.39, 0.29) is 11.6 Å². The Labute approximate surface area is 115 Å². The number of hydrazine groups is 1. The van der Waals surface area contributed by atoms with Crippen LogP contribution in [0.3, 0.4) is 0 Å². The maximum absolute atomic E-state index is 5.84. The van der Waals surface area contributed by atoms with Crippen LogP contribution in [0.1, 0.15) is 51.8 Å². The Balaban J connectivity index is 2.24. The number of nitrogens with two attached hydrogens (primary N) is 1. The van der Waals surface area contributed by atoms with Crippen LogP contribution in [-0.2, 0) is 6.54 Å². The van der Waals surface area contributed by atoms with Crippen LogP contribution in [-0.4, -0.2) is 38.5 Å². The summed E-state index contributed by atoms with van der Waals surface area (Å²) < 4.78 is 1.96. The summed E-state index contributed by atoms with van der Waals surface area (Å²) in [6, 6.07) is 0.0344. The van der Waals surface area contributed by atoms with Gasteiger partial charge in [-0.15, -0.1) is 5.10 Å². The van der Waals surface area contributed by atoms with E-state index in [9.17, 15) is 0 Å². The van der Waals surface area contributed by atoms with E-state index in [1.54, 1.807) is 0 Å². The van der Waals surface area contributed by atoms with Crippen molar-refractivity contribution in [2.45, 2.75) is 58.2 Å². The van der Waals surface area contributed by atoms with Gasteiger partial charge in [-0.3, -0.25) is 10.7 Å². The van der Waals surface area contributed by atoms with E-state index in [1.807, 2.05) is 10.9 Å². The van der Waals surface area contributed by atoms with Gasteiger partial charge in [0.05, 0.1) is 17.9 Å². The van der Waals surface area contributed by atoms with Gasteiger partial charge in [-0.1, -0.05) is 12.1 Å². The van der Waals surface area contributed by atoms with Crippen LogP contribution in [0, 0.1) is 0 Å². The zero-order valence-electron chi connectivity index (χ0n) is 12.3. The molecule has 19 heavy (non-hydrogen) atoms. The molecule has 1 saturated heterocycles. The van der Waals surface area contributed by atoms with Crippen molar-refractivity contribution in [3.8, 4) is 0 Å². The summed E-state index contributed by atoms with van der Waals surface area (Å²) in [5.41, 5.74) is 4.01. The molecule has 0 aromatic carbocycles. The summed E-state index contributed by atoms with van der Waals surface area (Å²) in [4.78, 5) is 2.50. The summed E-state index contributed by atoms with van der Waals surface area (Å²) in [6.07, 6.45) is 5.41. The maximum atomic E-state index is 5.84. The lowest BCUT2D eigenvalue weighted by Crippen LogP contribution is -2.53. The predicted octanol–water partition coefficient (Wildman–Crippen LogP) is 1.07. The van der Waals surface area contributed by atoms with Gasteiger partial charge in [0.25, 0.3) is 0 Å². The van der Waals surface area contributed by atoms with Gasteiger partial charge >= 0.3 is 0 Å². The molecule has 0 saturated carbocycles. The predicted molar refractivity (Wildman–Crippen MR) is 75.3 cm³/mol. The molecule has 6 heteroatoms. The molecule has 1 unspecified atom stereocenters. The van der Waals surface area contributed by atoms with Gasteiger partial charge in [-0.05, 0) is 46.2 Å². The van der Waals surface area contributed by atoms with Crippen molar-refractivity contribution in [1.29, 1.82) is 0 Å². The van der Waals surface area contributed by atoms with Gasteiger partial charge in [-0.25, -0.2) is 10.1 Å². The van der Waals surface area contributed by atoms with Crippen LogP contribution in [0.4, 0.5) is 0 Å². The fourth-order valence-corrected chi connectivity index (χ4v) is 3.00. The van der Waals surface area contributed by atoms with Gasteiger partial charge in [0.2, 0.25) is 0 Å². The summed E-state index contributed by atoms with van der Waals surface area (Å²) in [5, 5.41) is 8.22. The van der Waals surface area contributed by atoms with Crippen LogP contribution in [0.25, 0.3) is 0 Å². The van der Waals surface area contributed by atoms with E-state index in [0.717, 1.165) is 31.7 Å². The average Bonchev–Trinajstić information content (AvgIpc) is 3.02. The third-order valence-corrected chi connectivity index (χ3v) is 4.17. The standard InChI is InChI=1S/C13H26N6/c1-4-7-19-11(10-15-17-19)12(16-14)13(2,3)18-8-5-6-9-18/h10,12,16H,4-9,14H2,1-3H3. The summed E-state index contributed by atoms with van der Waals surface area (Å²) >= 11 is 0. The molecule has 1 aromatic heterocycles. The molecule has 0 aliphatic carbocycles. The largest absolute Gasteiger partial charge is 0.296 e. The van der Waals surface area contributed by atoms with Gasteiger partial charge in [0.15, 0.2) is 0 Å². The fourth-order valence-electron chi connectivity index (χ4n) is 3.00. The van der Waals surface area contributed by atoms with Crippen LogP contribution in [0.5, 0.6) is 0 Å². The molecule has 1 fully saturated rings. The first-order valence-electron chi connectivity index (χ1n) is 7.20. The molecule has 0 amide bonds. The lowest BCUT2D eigenvalue weighted by Gasteiger charge is -2.41. The maximum Gasteiger partial charge on any atom is 0.0823 e. The number of nitrogens with one attached hydrogen (secondary N) is 1. The van der Waals surface area contributed by atoms with Gasteiger partial charge in [0.1, 0.15) is 0 Å². The second-order valence-corrected chi connectivity index (χ2v) is 5.83. The van der Waals surface area contributed by atoms with Crippen LogP contribution < -0.4 is 11.3 Å². The molecule has 6 nitrogen and oxygen atoms in total. The Morgan fingerprint density at radius 1 is 1.42 bits per heavy atom. The molecular formula is C13H26N6. The second kappa shape index (κ2) is 5.98. The Hall–Kier alpha value is -0.980. The first kappa shape index (κ1) is 14.4. The molecule has 3 N–H and O–H groups in total. The third-order valence-electron chi connectivity index (χ3n) is 4.17. The van der Waals surface area contributed by atoms with E-state index in [0.29, 0.717) is 0 Å². The van der Waals surface area contributed by atoms with Crippen molar-refractivity contribution in [3.63, 3.8) is 0 Å². The molecule has 2 rings (SSSR count). The van der Waals surface area contributed by atoms with E-state index in [1.165, 1.54) is 12.8 Å². The number of hydrogen-bond acceptors (Lipinski definition) is 5. The minimum absolute atomic E-state index is 0.0344. The summed E-state index contributed by atoms with van der Waals surface area (Å²) in [7, 11) is 0. The Morgan fingerprint density at radius 2 is 2.11 bits per heavy atom. The monoisotopic (exact) mass is 266 g/mol. The van der Waals surface area contributed by atoms with E-state index in [2.05, 4.69) is 41.4 Å². The number of likely N-dealkylation sites (tertiary alicyclic amines) is 1. The number of aromatic nitrogens is 3. The quantitative estimate of drug-likeness (QED) is 0.595. The van der Waals surface area contributed by atoms with E-state index < -0.39 is 0 Å². The minimum Gasteiger partial charge on any atom is -0.296 e. The van der Waals surface area contributed by atoms with Crippen molar-refractivity contribution >= 4 is 0 Å². The van der Waals surface area contributed by atoms with Crippen molar-refractivity contribution in [2.24, 2.45) is 5.84 Å². The Bertz CT molecular complexity index is 394. The highest BCUT2D eigenvalue weighted by atomic mass is 15.4. The third kappa shape index (κ3) is 2.80. The van der Waals surface area contributed by atoms with Crippen LogP contribution in [0.2, 0.25) is 0 Å². The van der Waals surface area contributed by atoms with Crippen molar-refractivity contribution in [1.82, 2.24) is 25.3 Å². The first-order valence-corrected chi connectivity index (χ1v) is 7.20. The highest BCUT2D eigenvalue weighted by molar-refractivity contribution is 5.11. The highest BCUT2D eigenvalue weighted by Gasteiger charge is 2.38. The van der Waals surface area contributed by atoms with Crippen LogP contribution in [0.15, 0.2) is 6.20 Å².